The molecule has 0 heterocycles. The normalized spacial score (nSPS) is 12.5. The van der Waals surface area contributed by atoms with Gasteiger partial charge in [0.15, 0.2) is 0 Å². The maximum atomic E-state index is 11.5. The summed E-state index contributed by atoms with van der Waals surface area (Å²) in [7, 11) is 0.555. The van der Waals surface area contributed by atoms with Crippen LogP contribution in [0.5, 0.6) is 5.75 Å². The summed E-state index contributed by atoms with van der Waals surface area (Å²) < 4.78 is 16.5. The highest BCUT2D eigenvalue weighted by molar-refractivity contribution is 7.85. The summed E-state index contributed by atoms with van der Waals surface area (Å²) in [5.41, 5.74) is 6.23. The van der Waals surface area contributed by atoms with Crippen molar-refractivity contribution in [1.82, 2.24) is 0 Å². The van der Waals surface area contributed by atoms with Gasteiger partial charge in [-0.15, -0.1) is 0 Å². The highest BCUT2D eigenvalue weighted by Crippen LogP contribution is 2.22. The molecule has 2 N–H and O–H groups in total. The van der Waals surface area contributed by atoms with Gasteiger partial charge in [0.1, 0.15) is 5.75 Å². The standard InChI is InChI=1S/C9H13NO2S/c1-3-13(11)9-6-7(12-2)4-5-8(9)10/h4-6H,3,10H2,1-2H3. The van der Waals surface area contributed by atoms with E-state index in [-0.39, 0.29) is 0 Å². The first-order valence-electron chi connectivity index (χ1n) is 4.01. The summed E-state index contributed by atoms with van der Waals surface area (Å²) in [6.07, 6.45) is 0. The quantitative estimate of drug-likeness (QED) is 0.749. The molecule has 0 spiro atoms. The first-order valence-corrected chi connectivity index (χ1v) is 5.32. The maximum Gasteiger partial charge on any atom is 0.120 e. The third-order valence-electron chi connectivity index (χ3n) is 1.73. The van der Waals surface area contributed by atoms with Crippen LogP contribution < -0.4 is 10.5 Å². The first kappa shape index (κ1) is 10.1. The molecular weight excluding hydrogens is 186 g/mol. The minimum absolute atomic E-state index is 0.556. The molecule has 1 atom stereocenters. The Morgan fingerprint density at radius 2 is 2.23 bits per heavy atom. The number of nitrogen functional groups attached to an aromatic ring is 1. The molecule has 0 radical (unpaired) electrons. The highest BCUT2D eigenvalue weighted by Gasteiger charge is 2.06. The average molecular weight is 199 g/mol. The monoisotopic (exact) mass is 199 g/mol. The number of ether oxygens (including phenoxy) is 1. The summed E-state index contributed by atoms with van der Waals surface area (Å²) in [5.74, 6) is 1.25. The molecule has 0 amide bonds. The molecule has 0 saturated carbocycles. The lowest BCUT2D eigenvalue weighted by atomic mass is 10.3. The second-order valence-corrected chi connectivity index (χ2v) is 4.25. The summed E-state index contributed by atoms with van der Waals surface area (Å²) in [6, 6.07) is 5.18. The number of nitrogens with two attached hydrogens (primary N) is 1. The van der Waals surface area contributed by atoms with Crippen LogP contribution in [-0.4, -0.2) is 17.1 Å². The van der Waals surface area contributed by atoms with Gasteiger partial charge in [0, 0.05) is 11.4 Å². The summed E-state index contributed by atoms with van der Waals surface area (Å²) >= 11 is 0. The fraction of sp³-hybridized carbons (Fsp3) is 0.333. The predicted octanol–water partition coefficient (Wildman–Crippen LogP) is 1.40. The summed E-state index contributed by atoms with van der Waals surface area (Å²) in [4.78, 5) is 0.654. The van der Waals surface area contributed by atoms with Gasteiger partial charge in [0.25, 0.3) is 0 Å². The zero-order chi connectivity index (χ0) is 9.84. The van der Waals surface area contributed by atoms with E-state index < -0.39 is 10.8 Å². The molecule has 1 rings (SSSR count). The van der Waals surface area contributed by atoms with Crippen molar-refractivity contribution in [3.8, 4) is 5.75 Å². The van der Waals surface area contributed by atoms with Crippen molar-refractivity contribution in [2.75, 3.05) is 18.6 Å². The van der Waals surface area contributed by atoms with Crippen LogP contribution in [0.15, 0.2) is 23.1 Å². The lowest BCUT2D eigenvalue weighted by Crippen LogP contribution is -2.00. The van der Waals surface area contributed by atoms with Crippen LogP contribution in [0.4, 0.5) is 5.69 Å². The van der Waals surface area contributed by atoms with Gasteiger partial charge in [0.05, 0.1) is 22.8 Å². The molecule has 0 aliphatic carbocycles. The van der Waals surface area contributed by atoms with Gasteiger partial charge in [-0.2, -0.15) is 0 Å². The molecule has 0 saturated heterocycles. The van der Waals surface area contributed by atoms with Crippen molar-refractivity contribution in [3.63, 3.8) is 0 Å². The van der Waals surface area contributed by atoms with Gasteiger partial charge < -0.3 is 10.5 Å². The van der Waals surface area contributed by atoms with Crippen LogP contribution in [0.2, 0.25) is 0 Å². The number of benzene rings is 1. The molecule has 72 valence electrons. The van der Waals surface area contributed by atoms with Gasteiger partial charge in [-0.3, -0.25) is 4.21 Å². The first-order chi connectivity index (χ1) is 6.19. The average Bonchev–Trinajstić information content (AvgIpc) is 2.17. The van der Waals surface area contributed by atoms with E-state index in [1.165, 1.54) is 0 Å². The molecular formula is C9H13NO2S. The second-order valence-electron chi connectivity index (χ2n) is 2.54. The number of hydrogen-bond donors (Lipinski definition) is 1. The van der Waals surface area contributed by atoms with Crippen molar-refractivity contribution in [3.05, 3.63) is 18.2 Å². The summed E-state index contributed by atoms with van der Waals surface area (Å²) in [5, 5.41) is 0. The summed E-state index contributed by atoms with van der Waals surface area (Å²) in [6.45, 7) is 1.86. The predicted molar refractivity (Wildman–Crippen MR) is 54.4 cm³/mol. The minimum atomic E-state index is -1.02. The van der Waals surface area contributed by atoms with E-state index in [1.54, 1.807) is 25.3 Å². The fourth-order valence-electron chi connectivity index (χ4n) is 0.994. The molecule has 0 aliphatic rings. The van der Waals surface area contributed by atoms with E-state index in [2.05, 4.69) is 0 Å². The topological polar surface area (TPSA) is 52.3 Å². The lowest BCUT2D eigenvalue weighted by molar-refractivity contribution is 0.413. The Labute approximate surface area is 80.4 Å². The Kier molecular flexibility index (Phi) is 3.31. The molecule has 1 aromatic rings. The largest absolute Gasteiger partial charge is 0.497 e. The third-order valence-corrected chi connectivity index (χ3v) is 3.10. The van der Waals surface area contributed by atoms with Crippen molar-refractivity contribution < 1.29 is 8.95 Å². The zero-order valence-corrected chi connectivity index (χ0v) is 8.56. The zero-order valence-electron chi connectivity index (χ0n) is 7.74. The van der Waals surface area contributed by atoms with Crippen molar-refractivity contribution in [2.45, 2.75) is 11.8 Å². The Hall–Kier alpha value is -1.03. The number of hydrogen-bond acceptors (Lipinski definition) is 3. The molecule has 13 heavy (non-hydrogen) atoms. The molecule has 1 aromatic carbocycles. The smallest absolute Gasteiger partial charge is 0.120 e. The Balaban J connectivity index is 3.11. The van der Waals surface area contributed by atoms with Crippen LogP contribution in [0.1, 0.15) is 6.92 Å². The van der Waals surface area contributed by atoms with E-state index in [1.807, 2.05) is 6.92 Å². The molecule has 0 bridgehead atoms. The molecule has 4 heteroatoms. The van der Waals surface area contributed by atoms with Crippen molar-refractivity contribution in [1.29, 1.82) is 0 Å². The van der Waals surface area contributed by atoms with Crippen LogP contribution in [0.25, 0.3) is 0 Å². The Morgan fingerprint density at radius 3 is 2.77 bits per heavy atom. The van der Waals surface area contributed by atoms with Gasteiger partial charge >= 0.3 is 0 Å². The lowest BCUT2D eigenvalue weighted by Gasteiger charge is -2.06. The van der Waals surface area contributed by atoms with Gasteiger partial charge in [-0.1, -0.05) is 6.92 Å². The highest BCUT2D eigenvalue weighted by atomic mass is 32.2. The fourth-order valence-corrected chi connectivity index (χ4v) is 1.88. The van der Waals surface area contributed by atoms with Crippen LogP contribution in [0, 0.1) is 0 Å². The Bertz CT molecular complexity index is 325. The van der Waals surface area contributed by atoms with E-state index >= 15 is 0 Å². The van der Waals surface area contributed by atoms with Crippen LogP contribution in [0.3, 0.4) is 0 Å². The van der Waals surface area contributed by atoms with E-state index in [9.17, 15) is 4.21 Å². The third kappa shape index (κ3) is 2.21. The van der Waals surface area contributed by atoms with Gasteiger partial charge in [-0.05, 0) is 18.2 Å². The molecule has 0 aliphatic heterocycles. The van der Waals surface area contributed by atoms with Crippen LogP contribution in [-0.2, 0) is 10.8 Å². The van der Waals surface area contributed by atoms with E-state index in [0.29, 0.717) is 22.1 Å². The SMILES string of the molecule is CCS(=O)c1cc(OC)ccc1N. The Morgan fingerprint density at radius 1 is 1.54 bits per heavy atom. The van der Waals surface area contributed by atoms with Gasteiger partial charge in [-0.25, -0.2) is 0 Å². The maximum absolute atomic E-state index is 11.5. The number of anilines is 1. The van der Waals surface area contributed by atoms with E-state index in [0.717, 1.165) is 0 Å². The number of rotatable bonds is 3. The van der Waals surface area contributed by atoms with Crippen molar-refractivity contribution >= 4 is 16.5 Å². The second kappa shape index (κ2) is 4.28. The molecule has 1 unspecified atom stereocenters. The minimum Gasteiger partial charge on any atom is -0.497 e. The van der Waals surface area contributed by atoms with E-state index in [4.69, 9.17) is 10.5 Å². The number of methoxy groups -OCH3 is 1. The van der Waals surface area contributed by atoms with Crippen molar-refractivity contribution in [2.24, 2.45) is 0 Å². The molecule has 0 aromatic heterocycles. The van der Waals surface area contributed by atoms with Gasteiger partial charge in [0.2, 0.25) is 0 Å². The molecule has 3 nitrogen and oxygen atoms in total. The van der Waals surface area contributed by atoms with Crippen LogP contribution >= 0.6 is 0 Å². The molecule has 0 fully saturated rings.